The monoisotopic (exact) mass is 270 g/mol. The van der Waals surface area contributed by atoms with Gasteiger partial charge in [0.1, 0.15) is 5.75 Å². The molecule has 0 bridgehead atoms. The van der Waals surface area contributed by atoms with Crippen LogP contribution < -0.4 is 15.4 Å². The molecule has 0 aliphatic rings. The molecule has 18 heavy (non-hydrogen) atoms. The minimum absolute atomic E-state index is 0.00268. The van der Waals surface area contributed by atoms with E-state index in [0.29, 0.717) is 23.9 Å². The molecule has 1 aromatic rings. The van der Waals surface area contributed by atoms with Gasteiger partial charge >= 0.3 is 0 Å². The maximum absolute atomic E-state index is 11.5. The van der Waals surface area contributed by atoms with Gasteiger partial charge in [-0.05, 0) is 31.5 Å². The van der Waals surface area contributed by atoms with E-state index in [2.05, 4.69) is 10.6 Å². The Labute approximate surface area is 113 Å². The number of amides is 1. The SMILES string of the molecule is CCNC(=O)C(C)NCc1ccc(OC)c(Cl)c1. The fourth-order valence-electron chi connectivity index (χ4n) is 1.51. The number of likely N-dealkylation sites (N-methyl/N-ethyl adjacent to an activating group) is 1. The van der Waals surface area contributed by atoms with Crippen molar-refractivity contribution in [3.05, 3.63) is 28.8 Å². The number of carbonyl (C=O) groups excluding carboxylic acids is 1. The van der Waals surface area contributed by atoms with Crippen LogP contribution in [0.3, 0.4) is 0 Å². The van der Waals surface area contributed by atoms with Gasteiger partial charge in [-0.2, -0.15) is 0 Å². The molecule has 100 valence electrons. The zero-order valence-electron chi connectivity index (χ0n) is 10.9. The molecule has 0 aliphatic heterocycles. The topological polar surface area (TPSA) is 50.4 Å². The highest BCUT2D eigenvalue weighted by molar-refractivity contribution is 6.32. The Morgan fingerprint density at radius 2 is 2.22 bits per heavy atom. The van der Waals surface area contributed by atoms with Crippen LogP contribution in [-0.4, -0.2) is 25.6 Å². The molecule has 0 heterocycles. The van der Waals surface area contributed by atoms with E-state index in [1.54, 1.807) is 7.11 Å². The predicted molar refractivity (Wildman–Crippen MR) is 73.0 cm³/mol. The van der Waals surface area contributed by atoms with Crippen LogP contribution in [0.25, 0.3) is 0 Å². The van der Waals surface area contributed by atoms with Crippen molar-refractivity contribution in [2.24, 2.45) is 0 Å². The summed E-state index contributed by atoms with van der Waals surface area (Å²) >= 11 is 6.03. The van der Waals surface area contributed by atoms with Gasteiger partial charge in [-0.3, -0.25) is 4.79 Å². The standard InChI is InChI=1S/C13H19ClN2O2/c1-4-15-13(17)9(2)16-8-10-5-6-12(18-3)11(14)7-10/h5-7,9,16H,4,8H2,1-3H3,(H,15,17). The summed E-state index contributed by atoms with van der Waals surface area (Å²) in [5.41, 5.74) is 1.01. The lowest BCUT2D eigenvalue weighted by Crippen LogP contribution is -2.41. The molecule has 1 aromatic carbocycles. The Morgan fingerprint density at radius 1 is 1.50 bits per heavy atom. The van der Waals surface area contributed by atoms with Crippen LogP contribution in [-0.2, 0) is 11.3 Å². The van der Waals surface area contributed by atoms with Crippen LogP contribution in [0.1, 0.15) is 19.4 Å². The molecule has 0 radical (unpaired) electrons. The summed E-state index contributed by atoms with van der Waals surface area (Å²) in [4.78, 5) is 11.5. The van der Waals surface area contributed by atoms with Crippen molar-refractivity contribution in [2.75, 3.05) is 13.7 Å². The Kier molecular flexibility index (Phi) is 5.95. The molecular weight excluding hydrogens is 252 g/mol. The smallest absolute Gasteiger partial charge is 0.236 e. The van der Waals surface area contributed by atoms with Gasteiger partial charge in [0, 0.05) is 13.1 Å². The normalized spacial score (nSPS) is 12.0. The van der Waals surface area contributed by atoms with Crippen molar-refractivity contribution in [3.8, 4) is 5.75 Å². The number of carbonyl (C=O) groups is 1. The number of ether oxygens (including phenoxy) is 1. The molecule has 5 heteroatoms. The van der Waals surface area contributed by atoms with Crippen LogP contribution in [0, 0.1) is 0 Å². The molecule has 0 saturated carbocycles. The van der Waals surface area contributed by atoms with Crippen LogP contribution in [0.4, 0.5) is 0 Å². The molecule has 1 rings (SSSR count). The quantitative estimate of drug-likeness (QED) is 0.831. The average Bonchev–Trinajstić information content (AvgIpc) is 2.36. The molecule has 1 unspecified atom stereocenters. The summed E-state index contributed by atoms with van der Waals surface area (Å²) in [6.45, 7) is 4.95. The van der Waals surface area contributed by atoms with E-state index in [1.807, 2.05) is 32.0 Å². The average molecular weight is 271 g/mol. The molecule has 1 atom stereocenters. The van der Waals surface area contributed by atoms with Gasteiger partial charge in [0.05, 0.1) is 18.2 Å². The number of nitrogens with one attached hydrogen (secondary N) is 2. The molecule has 0 saturated heterocycles. The van der Waals surface area contributed by atoms with E-state index >= 15 is 0 Å². The first kappa shape index (κ1) is 14.8. The molecule has 0 aliphatic carbocycles. The number of hydrogen-bond acceptors (Lipinski definition) is 3. The van der Waals surface area contributed by atoms with Gasteiger partial charge < -0.3 is 15.4 Å². The van der Waals surface area contributed by atoms with Crippen molar-refractivity contribution in [1.29, 1.82) is 0 Å². The van der Waals surface area contributed by atoms with E-state index in [-0.39, 0.29) is 11.9 Å². The minimum atomic E-state index is -0.231. The van der Waals surface area contributed by atoms with Crippen LogP contribution in [0.15, 0.2) is 18.2 Å². The highest BCUT2D eigenvalue weighted by Crippen LogP contribution is 2.24. The second-order valence-electron chi connectivity index (χ2n) is 3.97. The number of methoxy groups -OCH3 is 1. The van der Waals surface area contributed by atoms with Crippen molar-refractivity contribution < 1.29 is 9.53 Å². The minimum Gasteiger partial charge on any atom is -0.495 e. The Balaban J connectivity index is 2.53. The van der Waals surface area contributed by atoms with E-state index in [0.717, 1.165) is 5.56 Å². The lowest BCUT2D eigenvalue weighted by Gasteiger charge is -2.13. The van der Waals surface area contributed by atoms with Gasteiger partial charge in [0.15, 0.2) is 0 Å². The molecule has 0 aromatic heterocycles. The molecule has 0 fully saturated rings. The van der Waals surface area contributed by atoms with Gasteiger partial charge in [0.2, 0.25) is 5.91 Å². The largest absolute Gasteiger partial charge is 0.495 e. The van der Waals surface area contributed by atoms with Crippen LogP contribution >= 0.6 is 11.6 Å². The zero-order chi connectivity index (χ0) is 13.5. The lowest BCUT2D eigenvalue weighted by atomic mass is 10.2. The highest BCUT2D eigenvalue weighted by Gasteiger charge is 2.10. The molecule has 1 amide bonds. The first-order valence-electron chi connectivity index (χ1n) is 5.92. The third-order valence-electron chi connectivity index (χ3n) is 2.57. The molecule has 2 N–H and O–H groups in total. The van der Waals surface area contributed by atoms with Gasteiger partial charge in [0.25, 0.3) is 0 Å². The van der Waals surface area contributed by atoms with Gasteiger partial charge in [-0.25, -0.2) is 0 Å². The Bertz CT molecular complexity index is 410. The number of benzene rings is 1. The summed E-state index contributed by atoms with van der Waals surface area (Å²) < 4.78 is 5.08. The molecule has 0 spiro atoms. The summed E-state index contributed by atoms with van der Waals surface area (Å²) in [6, 6.07) is 5.33. The second-order valence-corrected chi connectivity index (χ2v) is 4.37. The Morgan fingerprint density at radius 3 is 2.78 bits per heavy atom. The van der Waals surface area contributed by atoms with Crippen LogP contribution in [0.5, 0.6) is 5.75 Å². The molecular formula is C13H19ClN2O2. The van der Waals surface area contributed by atoms with E-state index < -0.39 is 0 Å². The van der Waals surface area contributed by atoms with E-state index in [1.165, 1.54) is 0 Å². The van der Waals surface area contributed by atoms with Gasteiger partial charge in [-0.1, -0.05) is 17.7 Å². The fourth-order valence-corrected chi connectivity index (χ4v) is 1.79. The fraction of sp³-hybridized carbons (Fsp3) is 0.462. The lowest BCUT2D eigenvalue weighted by molar-refractivity contribution is -0.122. The highest BCUT2D eigenvalue weighted by atomic mass is 35.5. The van der Waals surface area contributed by atoms with Crippen molar-refractivity contribution in [3.63, 3.8) is 0 Å². The Hall–Kier alpha value is -1.26. The van der Waals surface area contributed by atoms with Crippen LogP contribution in [0.2, 0.25) is 5.02 Å². The maximum atomic E-state index is 11.5. The third-order valence-corrected chi connectivity index (χ3v) is 2.87. The van der Waals surface area contributed by atoms with Crippen molar-refractivity contribution in [2.45, 2.75) is 26.4 Å². The first-order valence-corrected chi connectivity index (χ1v) is 6.29. The van der Waals surface area contributed by atoms with E-state index in [4.69, 9.17) is 16.3 Å². The second kappa shape index (κ2) is 7.24. The maximum Gasteiger partial charge on any atom is 0.236 e. The van der Waals surface area contributed by atoms with Crippen molar-refractivity contribution in [1.82, 2.24) is 10.6 Å². The third kappa shape index (κ3) is 4.20. The summed E-state index contributed by atoms with van der Waals surface area (Å²) in [7, 11) is 1.58. The summed E-state index contributed by atoms with van der Waals surface area (Å²) in [5.74, 6) is 0.647. The summed E-state index contributed by atoms with van der Waals surface area (Å²) in [5, 5.41) is 6.47. The first-order chi connectivity index (χ1) is 8.58. The van der Waals surface area contributed by atoms with E-state index in [9.17, 15) is 4.79 Å². The molecule has 4 nitrogen and oxygen atoms in total. The number of hydrogen-bond donors (Lipinski definition) is 2. The predicted octanol–water partition coefficient (Wildman–Crippen LogP) is 1.96. The van der Waals surface area contributed by atoms with Crippen molar-refractivity contribution >= 4 is 17.5 Å². The number of rotatable bonds is 6. The summed E-state index contributed by atoms with van der Waals surface area (Å²) in [6.07, 6.45) is 0. The zero-order valence-corrected chi connectivity index (χ0v) is 11.7. The van der Waals surface area contributed by atoms with Gasteiger partial charge in [-0.15, -0.1) is 0 Å². The number of halogens is 1.